The molecule has 0 saturated heterocycles. The van der Waals surface area contributed by atoms with E-state index in [4.69, 9.17) is 4.43 Å². The normalized spacial score (nSPS) is 11.7. The SMILES string of the molecule is C=CC(=C)C(=C)C(=C)C(O[Si]C)C(=C)CCCCCCCC. The van der Waals surface area contributed by atoms with Crippen LogP contribution in [0, 0.1) is 0 Å². The van der Waals surface area contributed by atoms with Crippen LogP contribution in [0.3, 0.4) is 0 Å². The minimum Gasteiger partial charge on any atom is -0.407 e. The highest BCUT2D eigenvalue weighted by Crippen LogP contribution is 2.27. The maximum atomic E-state index is 5.87. The number of hydrogen-bond donors (Lipinski definition) is 0. The topological polar surface area (TPSA) is 9.23 Å². The average Bonchev–Trinajstić information content (AvgIpc) is 2.53. The van der Waals surface area contributed by atoms with E-state index in [2.05, 4.69) is 39.8 Å². The second-order valence-electron chi connectivity index (χ2n) is 5.61. The van der Waals surface area contributed by atoms with E-state index in [9.17, 15) is 0 Å². The molecule has 0 fully saturated rings. The molecule has 1 nitrogen and oxygen atoms in total. The summed E-state index contributed by atoms with van der Waals surface area (Å²) in [4.78, 5) is 0. The Morgan fingerprint density at radius 2 is 1.64 bits per heavy atom. The molecule has 1 unspecified atom stereocenters. The molecule has 0 aromatic carbocycles. The highest BCUT2D eigenvalue weighted by molar-refractivity contribution is 6.25. The van der Waals surface area contributed by atoms with E-state index in [0.29, 0.717) is 9.76 Å². The van der Waals surface area contributed by atoms with E-state index in [0.717, 1.165) is 35.1 Å². The molecule has 0 aromatic heterocycles. The van der Waals surface area contributed by atoms with Crippen molar-refractivity contribution in [3.63, 3.8) is 0 Å². The molecule has 1 atom stereocenters. The van der Waals surface area contributed by atoms with Crippen molar-refractivity contribution in [3.8, 4) is 0 Å². The van der Waals surface area contributed by atoms with Gasteiger partial charge in [-0.3, -0.25) is 0 Å². The van der Waals surface area contributed by atoms with Crippen LogP contribution in [-0.2, 0) is 4.43 Å². The van der Waals surface area contributed by atoms with Gasteiger partial charge < -0.3 is 4.43 Å². The molecule has 0 N–H and O–H groups in total. The van der Waals surface area contributed by atoms with Crippen LogP contribution >= 0.6 is 0 Å². The highest BCUT2D eigenvalue weighted by Gasteiger charge is 2.18. The van der Waals surface area contributed by atoms with E-state index >= 15 is 0 Å². The molecule has 0 aromatic rings. The Morgan fingerprint density at radius 3 is 2.18 bits per heavy atom. The molecule has 0 aliphatic heterocycles. The van der Waals surface area contributed by atoms with Gasteiger partial charge >= 0.3 is 0 Å². The number of hydrogen-bond acceptors (Lipinski definition) is 1. The molecular weight excluding hydrogens is 284 g/mol. The van der Waals surface area contributed by atoms with Crippen molar-refractivity contribution in [2.24, 2.45) is 0 Å². The average molecular weight is 317 g/mol. The summed E-state index contributed by atoms with van der Waals surface area (Å²) >= 11 is 0. The van der Waals surface area contributed by atoms with Crippen molar-refractivity contribution >= 4 is 9.76 Å². The summed E-state index contributed by atoms with van der Waals surface area (Å²) < 4.78 is 5.87. The Kier molecular flexibility index (Phi) is 11.8. The van der Waals surface area contributed by atoms with Crippen molar-refractivity contribution in [3.05, 3.63) is 61.3 Å². The van der Waals surface area contributed by atoms with Crippen LogP contribution in [-0.4, -0.2) is 15.9 Å². The Hall–Kier alpha value is -1.12. The highest BCUT2D eigenvalue weighted by atomic mass is 28.2. The van der Waals surface area contributed by atoms with Crippen LogP contribution in [0.4, 0.5) is 0 Å². The van der Waals surface area contributed by atoms with Crippen LogP contribution in [0.5, 0.6) is 0 Å². The fourth-order valence-electron chi connectivity index (χ4n) is 2.27. The van der Waals surface area contributed by atoms with Gasteiger partial charge in [-0.25, -0.2) is 0 Å². The van der Waals surface area contributed by atoms with Gasteiger partial charge in [0, 0.05) is 0 Å². The lowest BCUT2D eigenvalue weighted by Crippen LogP contribution is -2.20. The molecule has 22 heavy (non-hydrogen) atoms. The molecule has 0 aliphatic rings. The Morgan fingerprint density at radius 1 is 1.05 bits per heavy atom. The molecule has 0 amide bonds. The molecule has 0 bridgehead atoms. The maximum absolute atomic E-state index is 5.87. The van der Waals surface area contributed by atoms with Gasteiger partial charge in [0.1, 0.15) is 0 Å². The minimum absolute atomic E-state index is 0.150. The van der Waals surface area contributed by atoms with Gasteiger partial charge in [-0.05, 0) is 41.7 Å². The first kappa shape index (κ1) is 20.9. The van der Waals surface area contributed by atoms with Crippen LogP contribution in [0.25, 0.3) is 0 Å². The Labute approximate surface area is 140 Å². The number of rotatable bonds is 14. The summed E-state index contributed by atoms with van der Waals surface area (Å²) in [6.45, 7) is 24.3. The molecule has 0 rings (SSSR count). The molecule has 122 valence electrons. The molecular formula is C20H32OSi. The largest absolute Gasteiger partial charge is 0.407 e. The Bertz CT molecular complexity index is 406. The first-order valence-electron chi connectivity index (χ1n) is 8.19. The standard InChI is InChI=1S/C20H32OSi/c1-8-10-11-12-13-14-15-17(4)20(21-22-7)19(6)18(5)16(3)9-2/h9,20H,2-6,8,10-15H2,1,7H3. The third kappa shape index (κ3) is 7.76. The second kappa shape index (κ2) is 12.4. The van der Waals surface area contributed by atoms with Gasteiger partial charge in [-0.2, -0.15) is 0 Å². The lowest BCUT2D eigenvalue weighted by molar-refractivity contribution is 0.287. The van der Waals surface area contributed by atoms with Crippen molar-refractivity contribution in [1.82, 2.24) is 0 Å². The Balaban J connectivity index is 4.44. The fourth-order valence-corrected chi connectivity index (χ4v) is 2.81. The van der Waals surface area contributed by atoms with E-state index in [-0.39, 0.29) is 6.10 Å². The van der Waals surface area contributed by atoms with Crippen molar-refractivity contribution in [1.29, 1.82) is 0 Å². The molecule has 0 spiro atoms. The fraction of sp³-hybridized carbons (Fsp3) is 0.500. The monoisotopic (exact) mass is 316 g/mol. The summed E-state index contributed by atoms with van der Waals surface area (Å²) in [5.74, 6) is 0. The summed E-state index contributed by atoms with van der Waals surface area (Å²) in [6, 6.07) is 0. The maximum Gasteiger partial charge on any atom is 0.227 e. The van der Waals surface area contributed by atoms with Gasteiger partial charge in [-0.15, -0.1) is 0 Å². The first-order chi connectivity index (χ1) is 10.5. The summed E-state index contributed by atoms with van der Waals surface area (Å²) in [7, 11) is 0.398. The quantitative estimate of drug-likeness (QED) is 0.160. The summed E-state index contributed by atoms with van der Waals surface area (Å²) in [6.07, 6.45) is 10.2. The summed E-state index contributed by atoms with van der Waals surface area (Å²) in [5, 5.41) is 0. The van der Waals surface area contributed by atoms with Gasteiger partial charge in [-0.1, -0.05) is 78.0 Å². The minimum atomic E-state index is -0.150. The predicted octanol–water partition coefficient (Wildman–Crippen LogP) is 6.20. The van der Waals surface area contributed by atoms with E-state index in [1.165, 1.54) is 32.1 Å². The van der Waals surface area contributed by atoms with Crippen LogP contribution in [0.1, 0.15) is 51.9 Å². The smallest absolute Gasteiger partial charge is 0.227 e. The lowest BCUT2D eigenvalue weighted by Gasteiger charge is -2.24. The molecule has 0 aliphatic carbocycles. The molecule has 0 saturated carbocycles. The third-order valence-electron chi connectivity index (χ3n) is 3.80. The van der Waals surface area contributed by atoms with Crippen molar-refractivity contribution in [2.45, 2.75) is 64.5 Å². The van der Waals surface area contributed by atoms with Crippen LogP contribution < -0.4 is 0 Å². The molecule has 2 radical (unpaired) electrons. The van der Waals surface area contributed by atoms with Crippen molar-refractivity contribution < 1.29 is 4.43 Å². The number of unbranched alkanes of at least 4 members (excludes halogenated alkanes) is 5. The lowest BCUT2D eigenvalue weighted by atomic mass is 9.91. The second-order valence-corrected chi connectivity index (χ2v) is 6.26. The summed E-state index contributed by atoms with van der Waals surface area (Å²) in [5.41, 5.74) is 3.55. The molecule has 0 heterocycles. The zero-order chi connectivity index (χ0) is 17.0. The zero-order valence-electron chi connectivity index (χ0n) is 14.5. The van der Waals surface area contributed by atoms with E-state index in [1.54, 1.807) is 6.08 Å². The van der Waals surface area contributed by atoms with Gasteiger partial charge in [0.25, 0.3) is 0 Å². The zero-order valence-corrected chi connectivity index (χ0v) is 15.5. The number of allylic oxidation sites excluding steroid dienone is 2. The predicted molar refractivity (Wildman–Crippen MR) is 101 cm³/mol. The van der Waals surface area contributed by atoms with Crippen molar-refractivity contribution in [2.75, 3.05) is 0 Å². The van der Waals surface area contributed by atoms with Crippen LogP contribution in [0.2, 0.25) is 6.55 Å². The van der Waals surface area contributed by atoms with Gasteiger partial charge in [0.2, 0.25) is 9.76 Å². The van der Waals surface area contributed by atoms with Crippen LogP contribution in [0.15, 0.2) is 61.3 Å². The first-order valence-corrected chi connectivity index (χ1v) is 9.60. The molecule has 2 heteroatoms. The van der Waals surface area contributed by atoms with E-state index < -0.39 is 0 Å². The van der Waals surface area contributed by atoms with Gasteiger partial charge in [0.15, 0.2) is 0 Å². The third-order valence-corrected chi connectivity index (χ3v) is 4.27. The van der Waals surface area contributed by atoms with Gasteiger partial charge in [0.05, 0.1) is 6.10 Å². The van der Waals surface area contributed by atoms with E-state index in [1.807, 2.05) is 6.55 Å².